The summed E-state index contributed by atoms with van der Waals surface area (Å²) in [5, 5.41) is 13.4. The molecule has 0 radical (unpaired) electrons. The number of carboxylic acids is 1. The van der Waals surface area contributed by atoms with E-state index in [2.05, 4.69) is 5.32 Å². The van der Waals surface area contributed by atoms with Crippen LogP contribution in [-0.2, 0) is 9.59 Å². The molecule has 0 aliphatic heterocycles. The molecule has 0 unspecified atom stereocenters. The number of carbonyl (C=O) groups is 2. The molecule has 1 aromatic heterocycles. The molecule has 0 spiro atoms. The van der Waals surface area contributed by atoms with Crippen LogP contribution >= 0.6 is 0 Å². The molecule has 2 rings (SSSR count). The van der Waals surface area contributed by atoms with Crippen LogP contribution in [0.2, 0.25) is 0 Å². The van der Waals surface area contributed by atoms with Crippen molar-refractivity contribution in [1.29, 1.82) is 0 Å². The first-order valence-corrected chi connectivity index (χ1v) is 7.40. The van der Waals surface area contributed by atoms with Crippen molar-refractivity contribution in [2.45, 2.75) is 33.8 Å². The Bertz CT molecular complexity index is 867. The summed E-state index contributed by atoms with van der Waals surface area (Å²) < 4.78 is 10.9. The molecule has 0 saturated carbocycles. The number of ether oxygens (including phenoxy) is 1. The van der Waals surface area contributed by atoms with Crippen molar-refractivity contribution >= 4 is 22.8 Å². The second-order valence-corrected chi connectivity index (χ2v) is 5.55. The summed E-state index contributed by atoms with van der Waals surface area (Å²) in [5.41, 5.74) is 1.96. The molecule has 1 amide bonds. The zero-order valence-corrected chi connectivity index (χ0v) is 13.9. The van der Waals surface area contributed by atoms with Gasteiger partial charge in [0.05, 0.1) is 12.5 Å². The van der Waals surface area contributed by atoms with Gasteiger partial charge in [-0.05, 0) is 45.4 Å². The molecule has 0 saturated heterocycles. The number of aliphatic carboxylic acids is 1. The van der Waals surface area contributed by atoms with E-state index < -0.39 is 30.2 Å². The summed E-state index contributed by atoms with van der Waals surface area (Å²) in [5.74, 6) is -1.59. The minimum Gasteiger partial charge on any atom is -0.548 e. The molecule has 1 aromatic carbocycles. The third kappa shape index (κ3) is 3.40. The highest BCUT2D eigenvalue weighted by molar-refractivity contribution is 5.86. The van der Waals surface area contributed by atoms with Crippen molar-refractivity contribution in [1.82, 2.24) is 5.32 Å². The molecular weight excluding hydrogens is 314 g/mol. The van der Waals surface area contributed by atoms with Crippen LogP contribution in [0.3, 0.4) is 0 Å². The van der Waals surface area contributed by atoms with Gasteiger partial charge >= 0.3 is 5.63 Å². The number of benzene rings is 1. The summed E-state index contributed by atoms with van der Waals surface area (Å²) in [7, 11) is 0. The van der Waals surface area contributed by atoms with E-state index in [0.717, 1.165) is 10.9 Å². The van der Waals surface area contributed by atoms with Crippen LogP contribution in [0.15, 0.2) is 21.3 Å². The summed E-state index contributed by atoms with van der Waals surface area (Å²) in [6.07, 6.45) is -0.918. The smallest absolute Gasteiger partial charge is 0.339 e. The lowest BCUT2D eigenvalue weighted by Gasteiger charge is -2.17. The van der Waals surface area contributed by atoms with Gasteiger partial charge in [0.2, 0.25) is 0 Å². The van der Waals surface area contributed by atoms with E-state index in [4.69, 9.17) is 9.15 Å². The molecular formula is C17H18NO6-. The minimum atomic E-state index is -1.38. The average Bonchev–Trinajstić information content (AvgIpc) is 2.53. The Morgan fingerprint density at radius 1 is 1.21 bits per heavy atom. The third-order valence-electron chi connectivity index (χ3n) is 3.90. The van der Waals surface area contributed by atoms with Crippen molar-refractivity contribution in [2.75, 3.05) is 6.54 Å². The molecule has 24 heavy (non-hydrogen) atoms. The number of carbonyl (C=O) groups excluding carboxylic acids is 2. The van der Waals surface area contributed by atoms with Gasteiger partial charge in [0.15, 0.2) is 6.10 Å². The standard InChI is InChI=1S/C17H19NO6/c1-8-9(2)17(22)24-15-10(3)13(6-5-12(8)15)23-11(4)16(21)18-7-14(19)20/h5-6,11H,7H2,1-4H3,(H,18,21)(H,19,20)/p-1/t11-/m1/s1. The first-order chi connectivity index (χ1) is 11.2. The van der Waals surface area contributed by atoms with Gasteiger partial charge in [-0.1, -0.05) is 0 Å². The van der Waals surface area contributed by atoms with Crippen LogP contribution in [0.4, 0.5) is 0 Å². The summed E-state index contributed by atoms with van der Waals surface area (Å²) >= 11 is 0. The van der Waals surface area contributed by atoms with E-state index in [-0.39, 0.29) is 0 Å². The topological polar surface area (TPSA) is 109 Å². The van der Waals surface area contributed by atoms with Crippen molar-refractivity contribution in [3.8, 4) is 5.75 Å². The second-order valence-electron chi connectivity index (χ2n) is 5.55. The van der Waals surface area contributed by atoms with Crippen LogP contribution < -0.4 is 20.8 Å². The number of aryl methyl sites for hydroxylation is 2. The minimum absolute atomic E-state index is 0.380. The Labute approximate surface area is 138 Å². The van der Waals surface area contributed by atoms with Crippen LogP contribution in [0, 0.1) is 20.8 Å². The van der Waals surface area contributed by atoms with Gasteiger partial charge in [0, 0.05) is 16.5 Å². The maximum Gasteiger partial charge on any atom is 0.339 e. The van der Waals surface area contributed by atoms with Crippen molar-refractivity contribution in [2.24, 2.45) is 0 Å². The molecule has 128 valence electrons. The molecule has 7 heteroatoms. The van der Waals surface area contributed by atoms with Crippen LogP contribution in [0.5, 0.6) is 5.75 Å². The van der Waals surface area contributed by atoms with Gasteiger partial charge in [-0.25, -0.2) is 4.79 Å². The maximum absolute atomic E-state index is 11.9. The number of nitrogens with one attached hydrogen (secondary N) is 1. The van der Waals surface area contributed by atoms with Crippen molar-refractivity contribution in [3.63, 3.8) is 0 Å². The lowest BCUT2D eigenvalue weighted by molar-refractivity contribution is -0.304. The lowest BCUT2D eigenvalue weighted by atomic mass is 10.0. The Morgan fingerprint density at radius 3 is 2.50 bits per heavy atom. The number of hydrogen-bond acceptors (Lipinski definition) is 6. The van der Waals surface area contributed by atoms with Gasteiger partial charge in [-0.15, -0.1) is 0 Å². The predicted molar refractivity (Wildman–Crippen MR) is 84.8 cm³/mol. The zero-order chi connectivity index (χ0) is 18.0. The quantitative estimate of drug-likeness (QED) is 0.792. The average molecular weight is 332 g/mol. The monoisotopic (exact) mass is 332 g/mol. The Morgan fingerprint density at radius 2 is 1.88 bits per heavy atom. The number of rotatable bonds is 5. The van der Waals surface area contributed by atoms with E-state index in [9.17, 15) is 19.5 Å². The fraction of sp³-hybridized carbons (Fsp3) is 0.353. The summed E-state index contributed by atoms with van der Waals surface area (Å²) in [6, 6.07) is 3.45. The van der Waals surface area contributed by atoms with Crippen LogP contribution in [0.1, 0.15) is 23.6 Å². The molecule has 7 nitrogen and oxygen atoms in total. The molecule has 1 heterocycles. The molecule has 0 bridgehead atoms. The van der Waals surface area contributed by atoms with E-state index in [1.54, 1.807) is 26.0 Å². The fourth-order valence-electron chi connectivity index (χ4n) is 2.30. The highest BCUT2D eigenvalue weighted by Crippen LogP contribution is 2.29. The first-order valence-electron chi connectivity index (χ1n) is 7.40. The van der Waals surface area contributed by atoms with Gasteiger partial charge in [-0.3, -0.25) is 4.79 Å². The predicted octanol–water partition coefficient (Wildman–Crippen LogP) is 0.352. The Hall–Kier alpha value is -2.83. The number of carboxylic acid groups (broad SMARTS) is 1. The summed E-state index contributed by atoms with van der Waals surface area (Å²) in [4.78, 5) is 34.0. The molecule has 1 N–H and O–H groups in total. The molecule has 2 aromatic rings. The SMILES string of the molecule is Cc1c(C)c2ccc(O[C@H](C)C(=O)NCC(=O)[O-])c(C)c2oc1=O. The van der Waals surface area contributed by atoms with Crippen LogP contribution in [-0.4, -0.2) is 24.5 Å². The zero-order valence-electron chi connectivity index (χ0n) is 13.9. The van der Waals surface area contributed by atoms with E-state index in [1.807, 2.05) is 6.92 Å². The highest BCUT2D eigenvalue weighted by Gasteiger charge is 2.18. The Balaban J connectivity index is 2.32. The molecule has 1 atom stereocenters. The maximum atomic E-state index is 11.9. The summed E-state index contributed by atoms with van der Waals surface area (Å²) in [6.45, 7) is 6.16. The first kappa shape index (κ1) is 17.5. The van der Waals surface area contributed by atoms with Gasteiger partial charge < -0.3 is 24.4 Å². The van der Waals surface area contributed by atoms with Gasteiger partial charge in [-0.2, -0.15) is 0 Å². The van der Waals surface area contributed by atoms with Gasteiger partial charge in [0.25, 0.3) is 5.91 Å². The van der Waals surface area contributed by atoms with E-state index >= 15 is 0 Å². The number of hydrogen-bond donors (Lipinski definition) is 1. The van der Waals surface area contributed by atoms with Crippen LogP contribution in [0.25, 0.3) is 11.0 Å². The lowest BCUT2D eigenvalue weighted by Crippen LogP contribution is -2.43. The number of amides is 1. The molecule has 0 fully saturated rings. The highest BCUT2D eigenvalue weighted by atomic mass is 16.5. The normalized spacial score (nSPS) is 12.0. The van der Waals surface area contributed by atoms with Crippen molar-refractivity contribution in [3.05, 3.63) is 39.2 Å². The largest absolute Gasteiger partial charge is 0.548 e. The second kappa shape index (κ2) is 6.74. The van der Waals surface area contributed by atoms with Crippen molar-refractivity contribution < 1.29 is 23.8 Å². The van der Waals surface area contributed by atoms with Gasteiger partial charge in [0.1, 0.15) is 11.3 Å². The molecule has 0 aliphatic rings. The number of fused-ring (bicyclic) bond motifs is 1. The van der Waals surface area contributed by atoms with E-state index in [1.165, 1.54) is 6.92 Å². The third-order valence-corrected chi connectivity index (χ3v) is 3.90. The molecule has 0 aliphatic carbocycles. The Kier molecular flexibility index (Phi) is 4.92. The fourth-order valence-corrected chi connectivity index (χ4v) is 2.30. The van der Waals surface area contributed by atoms with E-state index in [0.29, 0.717) is 22.5 Å².